The number of ether oxygens (including phenoxy) is 1. The zero-order valence-corrected chi connectivity index (χ0v) is 14.4. The van der Waals surface area contributed by atoms with Gasteiger partial charge in [-0.05, 0) is 43.3 Å². The Morgan fingerprint density at radius 2 is 2.15 bits per heavy atom. The van der Waals surface area contributed by atoms with E-state index in [1.807, 2.05) is 25.1 Å². The lowest BCUT2D eigenvalue weighted by Crippen LogP contribution is -2.12. The number of hydrogen-bond donors (Lipinski definition) is 2. The van der Waals surface area contributed by atoms with Crippen molar-refractivity contribution in [3.05, 3.63) is 66.6 Å². The van der Waals surface area contributed by atoms with E-state index in [2.05, 4.69) is 20.4 Å². The highest BCUT2D eigenvalue weighted by atomic mass is 19.1. The molecular formula is C19H16FN5O2. The number of fused-ring (bicyclic) bond motifs is 1. The Hall–Kier alpha value is -3.68. The summed E-state index contributed by atoms with van der Waals surface area (Å²) in [4.78, 5) is 19.3. The fourth-order valence-electron chi connectivity index (χ4n) is 2.79. The van der Waals surface area contributed by atoms with Crippen LogP contribution in [0.15, 0.2) is 55.1 Å². The van der Waals surface area contributed by atoms with Crippen LogP contribution < -0.4 is 10.1 Å². The fourth-order valence-corrected chi connectivity index (χ4v) is 2.79. The molecule has 0 fully saturated rings. The average molecular weight is 365 g/mol. The smallest absolute Gasteiger partial charge is 0.272 e. The van der Waals surface area contributed by atoms with Gasteiger partial charge in [0.05, 0.1) is 6.61 Å². The highest BCUT2D eigenvalue weighted by molar-refractivity contribution is 6.06. The molecule has 0 bridgehead atoms. The summed E-state index contributed by atoms with van der Waals surface area (Å²) >= 11 is 0. The molecule has 0 radical (unpaired) electrons. The molecule has 136 valence electrons. The topological polar surface area (TPSA) is 84.8 Å². The predicted octanol–water partition coefficient (Wildman–Crippen LogP) is 3.54. The zero-order valence-electron chi connectivity index (χ0n) is 14.4. The summed E-state index contributed by atoms with van der Waals surface area (Å²) in [5, 5.41) is 7.46. The molecule has 27 heavy (non-hydrogen) atoms. The summed E-state index contributed by atoms with van der Waals surface area (Å²) in [6.07, 6.45) is 2.72. The van der Waals surface area contributed by atoms with Crippen LogP contribution in [0.4, 0.5) is 10.1 Å². The molecular weight excluding hydrogens is 349 g/mol. The van der Waals surface area contributed by atoms with E-state index < -0.39 is 5.82 Å². The number of aromatic nitrogens is 4. The monoisotopic (exact) mass is 365 g/mol. The van der Waals surface area contributed by atoms with Crippen LogP contribution >= 0.6 is 0 Å². The summed E-state index contributed by atoms with van der Waals surface area (Å²) in [7, 11) is 0. The second kappa shape index (κ2) is 6.91. The van der Waals surface area contributed by atoms with Crippen LogP contribution in [-0.4, -0.2) is 32.3 Å². The van der Waals surface area contributed by atoms with E-state index >= 15 is 0 Å². The van der Waals surface area contributed by atoms with Crippen LogP contribution in [0.1, 0.15) is 17.4 Å². The van der Waals surface area contributed by atoms with E-state index in [-0.39, 0.29) is 11.6 Å². The number of halogens is 1. The molecule has 0 aliphatic rings. The molecule has 0 atom stereocenters. The van der Waals surface area contributed by atoms with Crippen molar-refractivity contribution >= 4 is 22.5 Å². The Morgan fingerprint density at radius 1 is 1.26 bits per heavy atom. The summed E-state index contributed by atoms with van der Waals surface area (Å²) < 4.78 is 21.1. The number of carbonyl (C=O) groups is 1. The molecule has 0 saturated carbocycles. The third-order valence-corrected chi connectivity index (χ3v) is 4.02. The molecule has 8 heteroatoms. The fraction of sp³-hybridized carbons (Fsp3) is 0.105. The van der Waals surface area contributed by atoms with Crippen molar-refractivity contribution in [2.75, 3.05) is 11.9 Å². The van der Waals surface area contributed by atoms with Gasteiger partial charge in [-0.2, -0.15) is 5.10 Å². The third kappa shape index (κ3) is 3.37. The van der Waals surface area contributed by atoms with Crippen LogP contribution in [0, 0.1) is 5.82 Å². The van der Waals surface area contributed by atoms with Crippen LogP contribution in [0.3, 0.4) is 0 Å². The van der Waals surface area contributed by atoms with Gasteiger partial charge in [0.1, 0.15) is 29.8 Å². The maximum absolute atomic E-state index is 14.3. The number of carbonyl (C=O) groups excluding carboxylic acids is 1. The van der Waals surface area contributed by atoms with Crippen molar-refractivity contribution < 1.29 is 13.9 Å². The Morgan fingerprint density at radius 3 is 2.89 bits per heavy atom. The predicted molar refractivity (Wildman–Crippen MR) is 98.7 cm³/mol. The Bertz CT molecular complexity index is 1100. The first kappa shape index (κ1) is 16.8. The molecule has 2 heterocycles. The van der Waals surface area contributed by atoms with E-state index in [0.29, 0.717) is 18.0 Å². The van der Waals surface area contributed by atoms with Crippen LogP contribution in [-0.2, 0) is 0 Å². The molecule has 2 aromatic heterocycles. The lowest BCUT2D eigenvalue weighted by Gasteiger charge is -2.07. The molecule has 0 aliphatic carbocycles. The van der Waals surface area contributed by atoms with Gasteiger partial charge in [-0.15, -0.1) is 0 Å². The van der Waals surface area contributed by atoms with Gasteiger partial charge in [-0.3, -0.25) is 4.79 Å². The summed E-state index contributed by atoms with van der Waals surface area (Å²) in [5.74, 6) is -0.155. The van der Waals surface area contributed by atoms with Crippen molar-refractivity contribution in [1.29, 1.82) is 0 Å². The minimum Gasteiger partial charge on any atom is -0.494 e. The van der Waals surface area contributed by atoms with Crippen molar-refractivity contribution in [1.82, 2.24) is 19.7 Å². The van der Waals surface area contributed by atoms with Gasteiger partial charge in [-0.25, -0.2) is 14.1 Å². The summed E-state index contributed by atoms with van der Waals surface area (Å²) in [6.45, 7) is 2.47. The number of amides is 1. The SMILES string of the molecule is CCOc1ccc2cc(C(=O)Nc3ccc(-n4cncn4)c(F)c3)[nH]c2c1. The molecule has 4 rings (SSSR count). The summed E-state index contributed by atoms with van der Waals surface area (Å²) in [6, 6.07) is 11.7. The second-order valence-electron chi connectivity index (χ2n) is 5.83. The van der Waals surface area contributed by atoms with E-state index in [1.54, 1.807) is 12.1 Å². The van der Waals surface area contributed by atoms with Gasteiger partial charge in [0.2, 0.25) is 0 Å². The van der Waals surface area contributed by atoms with Crippen molar-refractivity contribution in [2.45, 2.75) is 6.92 Å². The molecule has 0 aliphatic heterocycles. The maximum Gasteiger partial charge on any atom is 0.272 e. The number of H-pyrrole nitrogens is 1. The van der Waals surface area contributed by atoms with E-state index in [9.17, 15) is 9.18 Å². The van der Waals surface area contributed by atoms with Crippen molar-refractivity contribution in [2.24, 2.45) is 0 Å². The number of nitrogens with zero attached hydrogens (tertiary/aromatic N) is 3. The average Bonchev–Trinajstić information content (AvgIpc) is 3.31. The minimum absolute atomic E-state index is 0.250. The van der Waals surface area contributed by atoms with Gasteiger partial charge >= 0.3 is 0 Å². The van der Waals surface area contributed by atoms with Gasteiger partial charge in [-0.1, -0.05) is 0 Å². The first-order valence-electron chi connectivity index (χ1n) is 8.35. The Labute approximate surface area is 153 Å². The van der Waals surface area contributed by atoms with E-state index in [0.717, 1.165) is 16.7 Å². The largest absolute Gasteiger partial charge is 0.494 e. The Kier molecular flexibility index (Phi) is 4.29. The molecule has 0 unspecified atom stereocenters. The molecule has 7 nitrogen and oxygen atoms in total. The summed E-state index contributed by atoms with van der Waals surface area (Å²) in [5.41, 5.74) is 1.76. The lowest BCUT2D eigenvalue weighted by atomic mass is 10.2. The first-order valence-corrected chi connectivity index (χ1v) is 8.35. The normalized spacial score (nSPS) is 10.9. The van der Waals surface area contributed by atoms with Gasteiger partial charge in [0.15, 0.2) is 5.82 Å². The third-order valence-electron chi connectivity index (χ3n) is 4.02. The molecule has 2 aromatic carbocycles. The molecule has 2 N–H and O–H groups in total. The van der Waals surface area contributed by atoms with Gasteiger partial charge < -0.3 is 15.0 Å². The number of aromatic amines is 1. The number of nitrogens with one attached hydrogen (secondary N) is 2. The Balaban J connectivity index is 1.55. The molecule has 1 amide bonds. The highest BCUT2D eigenvalue weighted by Crippen LogP contribution is 2.23. The number of anilines is 1. The minimum atomic E-state index is -0.517. The number of hydrogen-bond acceptors (Lipinski definition) is 4. The number of rotatable bonds is 5. The standard InChI is InChI=1S/C19H16FN5O2/c1-2-27-14-5-3-12-7-17(24-16(12)9-14)19(26)23-13-4-6-18(15(20)8-13)25-11-21-10-22-25/h3-11,24H,2H2,1H3,(H,23,26). The van der Waals surface area contributed by atoms with Gasteiger partial charge in [0, 0.05) is 22.7 Å². The van der Waals surface area contributed by atoms with Crippen molar-refractivity contribution in [3.63, 3.8) is 0 Å². The molecule has 0 saturated heterocycles. The van der Waals surface area contributed by atoms with Crippen LogP contribution in [0.25, 0.3) is 16.6 Å². The quantitative estimate of drug-likeness (QED) is 0.566. The van der Waals surface area contributed by atoms with Gasteiger partial charge in [0.25, 0.3) is 5.91 Å². The maximum atomic E-state index is 14.3. The molecule has 0 spiro atoms. The number of benzene rings is 2. The second-order valence-corrected chi connectivity index (χ2v) is 5.83. The first-order chi connectivity index (χ1) is 13.1. The van der Waals surface area contributed by atoms with Crippen LogP contribution in [0.5, 0.6) is 5.75 Å². The lowest BCUT2D eigenvalue weighted by molar-refractivity contribution is 0.102. The zero-order chi connectivity index (χ0) is 18.8. The van der Waals surface area contributed by atoms with E-state index in [1.165, 1.54) is 29.5 Å². The van der Waals surface area contributed by atoms with Crippen molar-refractivity contribution in [3.8, 4) is 11.4 Å². The van der Waals surface area contributed by atoms with E-state index in [4.69, 9.17) is 4.74 Å². The molecule has 4 aromatic rings. The highest BCUT2D eigenvalue weighted by Gasteiger charge is 2.12. The van der Waals surface area contributed by atoms with Crippen LogP contribution in [0.2, 0.25) is 0 Å².